The quantitative estimate of drug-likeness (QED) is 0.720. The average Bonchev–Trinajstić information content (AvgIpc) is 2.68. The molecular weight excluding hydrogens is 373 g/mol. The first-order valence-electron chi connectivity index (χ1n) is 9.43. The lowest BCUT2D eigenvalue weighted by Gasteiger charge is -2.35. The lowest BCUT2D eigenvalue weighted by Crippen LogP contribution is -2.50. The third kappa shape index (κ3) is 4.89. The molecule has 0 spiro atoms. The standard InChI is InChI=1S/C19H25Cl2N3O2/c20-15-7-8-16(21)22-18(15)19(26)24-12-10-23(11-13-24)17(25)9-6-14-4-2-1-3-5-14/h7-8,14H,1-6,9-13H2. The Balaban J connectivity index is 1.48. The molecule has 1 aromatic rings. The van der Waals surface area contributed by atoms with Crippen LogP contribution in [-0.2, 0) is 4.79 Å². The van der Waals surface area contributed by atoms with Crippen LogP contribution in [0.2, 0.25) is 10.2 Å². The van der Waals surface area contributed by atoms with E-state index < -0.39 is 0 Å². The van der Waals surface area contributed by atoms with Gasteiger partial charge in [0, 0.05) is 32.6 Å². The number of hydrogen-bond donors (Lipinski definition) is 0. The Bertz CT molecular complexity index is 654. The molecule has 2 amide bonds. The number of amides is 2. The predicted molar refractivity (Wildman–Crippen MR) is 103 cm³/mol. The highest BCUT2D eigenvalue weighted by molar-refractivity contribution is 6.34. The van der Waals surface area contributed by atoms with Crippen molar-refractivity contribution < 1.29 is 9.59 Å². The molecule has 1 aromatic heterocycles. The topological polar surface area (TPSA) is 53.5 Å². The summed E-state index contributed by atoms with van der Waals surface area (Å²) in [6.45, 7) is 2.12. The fourth-order valence-corrected chi connectivity index (χ4v) is 4.17. The van der Waals surface area contributed by atoms with Gasteiger partial charge in [0.05, 0.1) is 5.02 Å². The van der Waals surface area contributed by atoms with E-state index in [9.17, 15) is 9.59 Å². The zero-order chi connectivity index (χ0) is 18.5. The SMILES string of the molecule is O=C(CCC1CCCCC1)N1CCN(C(=O)c2nc(Cl)ccc2Cl)CC1. The minimum absolute atomic E-state index is 0.177. The summed E-state index contributed by atoms with van der Waals surface area (Å²) in [4.78, 5) is 32.7. The number of nitrogens with zero attached hydrogens (tertiary/aromatic N) is 3. The van der Waals surface area contributed by atoms with Crippen molar-refractivity contribution in [2.75, 3.05) is 26.2 Å². The highest BCUT2D eigenvalue weighted by Crippen LogP contribution is 2.27. The molecule has 142 valence electrons. The van der Waals surface area contributed by atoms with Crippen LogP contribution >= 0.6 is 23.2 Å². The lowest BCUT2D eigenvalue weighted by molar-refractivity contribution is -0.133. The minimum Gasteiger partial charge on any atom is -0.339 e. The molecule has 1 saturated heterocycles. The van der Waals surface area contributed by atoms with Gasteiger partial charge in [-0.05, 0) is 24.5 Å². The second-order valence-corrected chi connectivity index (χ2v) is 7.97. The summed E-state index contributed by atoms with van der Waals surface area (Å²) in [6, 6.07) is 3.14. The van der Waals surface area contributed by atoms with Gasteiger partial charge in [-0.15, -0.1) is 0 Å². The maximum absolute atomic E-state index is 12.6. The van der Waals surface area contributed by atoms with Crippen molar-refractivity contribution in [3.8, 4) is 0 Å². The lowest BCUT2D eigenvalue weighted by atomic mass is 9.86. The van der Waals surface area contributed by atoms with Gasteiger partial charge in [-0.2, -0.15) is 0 Å². The number of carbonyl (C=O) groups is 2. The van der Waals surface area contributed by atoms with Crippen LogP contribution in [-0.4, -0.2) is 52.8 Å². The zero-order valence-electron chi connectivity index (χ0n) is 14.9. The van der Waals surface area contributed by atoms with Crippen LogP contribution in [0, 0.1) is 5.92 Å². The summed E-state index contributed by atoms with van der Waals surface area (Å²) >= 11 is 11.9. The van der Waals surface area contributed by atoms with Crippen LogP contribution in [0.5, 0.6) is 0 Å². The van der Waals surface area contributed by atoms with E-state index in [1.807, 2.05) is 4.90 Å². The molecule has 0 bridgehead atoms. The molecule has 2 fully saturated rings. The van der Waals surface area contributed by atoms with E-state index in [-0.39, 0.29) is 22.7 Å². The van der Waals surface area contributed by atoms with Crippen LogP contribution in [0.4, 0.5) is 0 Å². The van der Waals surface area contributed by atoms with Gasteiger partial charge < -0.3 is 9.80 Å². The van der Waals surface area contributed by atoms with Crippen LogP contribution in [0.25, 0.3) is 0 Å². The summed E-state index contributed by atoms with van der Waals surface area (Å²) in [6.07, 6.45) is 8.11. The Hall–Kier alpha value is -1.33. The summed E-state index contributed by atoms with van der Waals surface area (Å²) in [5.74, 6) is 0.694. The van der Waals surface area contributed by atoms with Crippen LogP contribution in [0.15, 0.2) is 12.1 Å². The molecule has 26 heavy (non-hydrogen) atoms. The van der Waals surface area contributed by atoms with Gasteiger partial charge in [0.1, 0.15) is 10.8 Å². The summed E-state index contributed by atoms with van der Waals surface area (Å²) < 4.78 is 0. The number of rotatable bonds is 4. The van der Waals surface area contributed by atoms with Gasteiger partial charge in [0.2, 0.25) is 5.91 Å². The van der Waals surface area contributed by atoms with Gasteiger partial charge in [0.15, 0.2) is 0 Å². The first-order chi connectivity index (χ1) is 12.5. The third-order valence-electron chi connectivity index (χ3n) is 5.43. The molecule has 0 aromatic carbocycles. The molecule has 7 heteroatoms. The first kappa shape index (κ1) is 19.4. The van der Waals surface area contributed by atoms with Gasteiger partial charge in [-0.1, -0.05) is 55.3 Å². The van der Waals surface area contributed by atoms with Crippen molar-refractivity contribution in [1.82, 2.24) is 14.8 Å². The van der Waals surface area contributed by atoms with E-state index in [4.69, 9.17) is 23.2 Å². The largest absolute Gasteiger partial charge is 0.339 e. The number of piperazine rings is 1. The molecule has 2 heterocycles. The predicted octanol–water partition coefficient (Wildman–Crippen LogP) is 4.03. The molecule has 1 saturated carbocycles. The Kier molecular flexibility index (Phi) is 6.76. The van der Waals surface area contributed by atoms with Crippen LogP contribution in [0.3, 0.4) is 0 Å². The fourth-order valence-electron chi connectivity index (χ4n) is 3.84. The number of aromatic nitrogens is 1. The number of pyridine rings is 1. The van der Waals surface area contributed by atoms with Crippen molar-refractivity contribution >= 4 is 35.0 Å². The van der Waals surface area contributed by atoms with Gasteiger partial charge in [0.25, 0.3) is 5.91 Å². The summed E-state index contributed by atoms with van der Waals surface area (Å²) in [5.41, 5.74) is 0.177. The van der Waals surface area contributed by atoms with E-state index in [2.05, 4.69) is 4.98 Å². The van der Waals surface area contributed by atoms with Gasteiger partial charge in [-0.25, -0.2) is 4.98 Å². The van der Waals surface area contributed by atoms with Crippen molar-refractivity contribution in [2.24, 2.45) is 5.92 Å². The average molecular weight is 398 g/mol. The highest BCUT2D eigenvalue weighted by Gasteiger charge is 2.27. The molecule has 2 aliphatic rings. The van der Waals surface area contributed by atoms with Crippen molar-refractivity contribution in [3.63, 3.8) is 0 Å². The Labute approximate surface area is 164 Å². The Morgan fingerprint density at radius 3 is 2.35 bits per heavy atom. The maximum Gasteiger partial charge on any atom is 0.274 e. The van der Waals surface area contributed by atoms with E-state index in [1.54, 1.807) is 17.0 Å². The smallest absolute Gasteiger partial charge is 0.274 e. The number of carbonyl (C=O) groups excluding carboxylic acids is 2. The fraction of sp³-hybridized carbons (Fsp3) is 0.632. The van der Waals surface area contributed by atoms with Gasteiger partial charge >= 0.3 is 0 Å². The van der Waals surface area contributed by atoms with Crippen molar-refractivity contribution in [2.45, 2.75) is 44.9 Å². The molecule has 0 atom stereocenters. The maximum atomic E-state index is 12.6. The molecular formula is C19H25Cl2N3O2. The third-order valence-corrected chi connectivity index (χ3v) is 5.94. The van der Waals surface area contributed by atoms with E-state index in [0.29, 0.717) is 43.5 Å². The Morgan fingerprint density at radius 2 is 1.65 bits per heavy atom. The molecule has 1 aliphatic heterocycles. The molecule has 1 aliphatic carbocycles. The molecule has 3 rings (SSSR count). The van der Waals surface area contributed by atoms with Gasteiger partial charge in [-0.3, -0.25) is 9.59 Å². The monoisotopic (exact) mass is 397 g/mol. The minimum atomic E-state index is -0.230. The normalized spacial score (nSPS) is 18.8. The molecule has 0 unspecified atom stereocenters. The summed E-state index contributed by atoms with van der Waals surface area (Å²) in [5, 5.41) is 0.541. The van der Waals surface area contributed by atoms with E-state index in [1.165, 1.54) is 32.1 Å². The second kappa shape index (κ2) is 9.05. The Morgan fingerprint density at radius 1 is 1.00 bits per heavy atom. The zero-order valence-corrected chi connectivity index (χ0v) is 16.4. The number of hydrogen-bond acceptors (Lipinski definition) is 3. The van der Waals surface area contributed by atoms with Crippen LogP contribution in [0.1, 0.15) is 55.4 Å². The molecule has 5 nitrogen and oxygen atoms in total. The molecule has 0 radical (unpaired) electrons. The second-order valence-electron chi connectivity index (χ2n) is 7.18. The first-order valence-corrected chi connectivity index (χ1v) is 10.2. The van der Waals surface area contributed by atoms with Crippen molar-refractivity contribution in [1.29, 1.82) is 0 Å². The van der Waals surface area contributed by atoms with E-state index in [0.717, 1.165) is 6.42 Å². The highest BCUT2D eigenvalue weighted by atomic mass is 35.5. The molecule has 0 N–H and O–H groups in total. The van der Waals surface area contributed by atoms with Crippen molar-refractivity contribution in [3.05, 3.63) is 28.0 Å². The summed E-state index contributed by atoms with van der Waals surface area (Å²) in [7, 11) is 0. The van der Waals surface area contributed by atoms with Crippen LogP contribution < -0.4 is 0 Å². The van der Waals surface area contributed by atoms with E-state index >= 15 is 0 Å². The number of halogens is 2.